The summed E-state index contributed by atoms with van der Waals surface area (Å²) in [7, 11) is 1.79. The van der Waals surface area contributed by atoms with Gasteiger partial charge in [-0.1, -0.05) is 18.2 Å². The summed E-state index contributed by atoms with van der Waals surface area (Å²) in [6.45, 7) is 0. The van der Waals surface area contributed by atoms with Crippen molar-refractivity contribution in [3.05, 3.63) is 35.5 Å². The number of rotatable bonds is 1. The maximum absolute atomic E-state index is 10.8. The van der Waals surface area contributed by atoms with Crippen LogP contribution >= 0.6 is 0 Å². The summed E-state index contributed by atoms with van der Waals surface area (Å²) in [5.74, 6) is 0. The molecule has 3 nitrogen and oxygen atoms in total. The van der Waals surface area contributed by atoms with E-state index in [0.717, 1.165) is 17.2 Å². The van der Waals surface area contributed by atoms with Crippen LogP contribution in [0.25, 0.3) is 10.9 Å². The monoisotopic (exact) mass is 184 g/mol. The number of aromatic nitrogens is 1. The van der Waals surface area contributed by atoms with Crippen molar-refractivity contribution >= 4 is 17.2 Å². The predicted octanol–water partition coefficient (Wildman–Crippen LogP) is 1.86. The van der Waals surface area contributed by atoms with Crippen LogP contribution in [0.2, 0.25) is 0 Å². The molecule has 2 aromatic rings. The average molecular weight is 184 g/mol. The fourth-order valence-electron chi connectivity index (χ4n) is 1.68. The maximum Gasteiger partial charge on any atom is 0.153 e. The molecule has 68 valence electrons. The van der Waals surface area contributed by atoms with Gasteiger partial charge in [-0.05, 0) is 6.07 Å². The molecule has 1 aromatic carbocycles. The van der Waals surface area contributed by atoms with Gasteiger partial charge in [0.05, 0.1) is 5.56 Å². The van der Waals surface area contributed by atoms with Crippen molar-refractivity contribution in [1.82, 2.24) is 4.57 Å². The van der Waals surface area contributed by atoms with Gasteiger partial charge in [0.15, 0.2) is 6.29 Å². The number of benzene rings is 1. The molecule has 0 saturated carbocycles. The highest BCUT2D eigenvalue weighted by atomic mass is 16.1. The van der Waals surface area contributed by atoms with Gasteiger partial charge in [0, 0.05) is 18.0 Å². The molecule has 0 fully saturated rings. The van der Waals surface area contributed by atoms with Crippen molar-refractivity contribution in [2.75, 3.05) is 0 Å². The van der Waals surface area contributed by atoms with Crippen LogP contribution in [0.15, 0.2) is 24.3 Å². The highest BCUT2D eigenvalue weighted by molar-refractivity contribution is 6.00. The number of aldehydes is 1. The number of nitriles is 1. The van der Waals surface area contributed by atoms with Crippen molar-refractivity contribution < 1.29 is 4.79 Å². The average Bonchev–Trinajstić information content (AvgIpc) is 2.51. The van der Waals surface area contributed by atoms with Gasteiger partial charge >= 0.3 is 0 Å². The Bertz CT molecular complexity index is 546. The number of fused-ring (bicyclic) bond motifs is 1. The zero-order valence-corrected chi connectivity index (χ0v) is 7.69. The molecule has 0 aliphatic rings. The van der Waals surface area contributed by atoms with E-state index in [4.69, 9.17) is 5.26 Å². The minimum absolute atomic E-state index is 0.418. The van der Waals surface area contributed by atoms with Crippen LogP contribution < -0.4 is 0 Å². The third-order valence-corrected chi connectivity index (χ3v) is 2.37. The SMILES string of the molecule is Cn1c(C#N)c(C=O)c2ccccc21. The number of nitrogens with zero attached hydrogens (tertiary/aromatic N) is 2. The Kier molecular flexibility index (Phi) is 1.83. The molecule has 1 heterocycles. The summed E-state index contributed by atoms with van der Waals surface area (Å²) < 4.78 is 1.74. The lowest BCUT2D eigenvalue weighted by Crippen LogP contribution is -1.92. The molecule has 0 atom stereocenters. The molecular weight excluding hydrogens is 176 g/mol. The normalized spacial score (nSPS) is 10.0. The molecule has 0 unspecified atom stereocenters. The summed E-state index contributed by atoms with van der Waals surface area (Å²) in [5.41, 5.74) is 1.80. The Morgan fingerprint density at radius 3 is 2.79 bits per heavy atom. The first kappa shape index (κ1) is 8.52. The fourth-order valence-corrected chi connectivity index (χ4v) is 1.68. The Morgan fingerprint density at radius 2 is 2.14 bits per heavy atom. The van der Waals surface area contributed by atoms with E-state index in [2.05, 4.69) is 0 Å². The van der Waals surface area contributed by atoms with E-state index in [1.54, 1.807) is 11.6 Å². The largest absolute Gasteiger partial charge is 0.335 e. The Hall–Kier alpha value is -2.08. The zero-order valence-electron chi connectivity index (χ0n) is 7.69. The second kappa shape index (κ2) is 3.00. The van der Waals surface area contributed by atoms with Crippen molar-refractivity contribution in [3.8, 4) is 6.07 Å². The molecule has 0 radical (unpaired) electrons. The van der Waals surface area contributed by atoms with Gasteiger partial charge in [0.1, 0.15) is 11.8 Å². The molecule has 3 heteroatoms. The van der Waals surface area contributed by atoms with Crippen molar-refractivity contribution in [1.29, 1.82) is 5.26 Å². The number of aryl methyl sites for hydroxylation is 1. The number of hydrogen-bond acceptors (Lipinski definition) is 2. The number of carbonyl (C=O) groups is 1. The minimum atomic E-state index is 0.418. The lowest BCUT2D eigenvalue weighted by atomic mass is 10.1. The summed E-state index contributed by atoms with van der Waals surface area (Å²) in [5, 5.41) is 9.74. The Labute approximate surface area is 81.2 Å². The summed E-state index contributed by atoms with van der Waals surface area (Å²) >= 11 is 0. The standard InChI is InChI=1S/C11H8N2O/c1-13-10-5-3-2-4-8(10)9(7-14)11(13)6-12/h2-5,7H,1H3. The molecule has 1 aromatic heterocycles. The van der Waals surface area contributed by atoms with Gasteiger partial charge in [-0.3, -0.25) is 4.79 Å². The molecule has 0 amide bonds. The van der Waals surface area contributed by atoms with Gasteiger partial charge in [-0.2, -0.15) is 5.26 Å². The van der Waals surface area contributed by atoms with Crippen LogP contribution in [-0.4, -0.2) is 10.9 Å². The third kappa shape index (κ3) is 0.944. The molecule has 0 aliphatic heterocycles. The van der Waals surface area contributed by atoms with Gasteiger partial charge < -0.3 is 4.57 Å². The van der Waals surface area contributed by atoms with E-state index in [1.165, 1.54) is 0 Å². The van der Waals surface area contributed by atoms with Gasteiger partial charge in [0.2, 0.25) is 0 Å². The fraction of sp³-hybridized carbons (Fsp3) is 0.0909. The number of para-hydroxylation sites is 1. The molecule has 0 saturated heterocycles. The second-order valence-corrected chi connectivity index (χ2v) is 3.07. The van der Waals surface area contributed by atoms with Crippen LogP contribution in [0.5, 0.6) is 0 Å². The van der Waals surface area contributed by atoms with Gasteiger partial charge in [0.25, 0.3) is 0 Å². The molecule has 0 bridgehead atoms. The van der Waals surface area contributed by atoms with Gasteiger partial charge in [-0.15, -0.1) is 0 Å². The summed E-state index contributed by atoms with van der Waals surface area (Å²) in [6.07, 6.45) is 0.737. The first-order valence-corrected chi connectivity index (χ1v) is 4.22. The molecule has 0 aliphatic carbocycles. The van der Waals surface area contributed by atoms with Crippen LogP contribution in [0.3, 0.4) is 0 Å². The Balaban J connectivity index is 3.00. The molecule has 0 spiro atoms. The van der Waals surface area contributed by atoms with Crippen LogP contribution in [0, 0.1) is 11.3 Å². The number of hydrogen-bond donors (Lipinski definition) is 0. The van der Waals surface area contributed by atoms with Gasteiger partial charge in [-0.25, -0.2) is 0 Å². The van der Waals surface area contributed by atoms with E-state index in [1.807, 2.05) is 30.3 Å². The molecule has 14 heavy (non-hydrogen) atoms. The summed E-state index contributed by atoms with van der Waals surface area (Å²) in [6, 6.07) is 9.52. The van der Waals surface area contributed by atoms with Crippen molar-refractivity contribution in [2.24, 2.45) is 7.05 Å². The topological polar surface area (TPSA) is 45.8 Å². The van der Waals surface area contributed by atoms with Crippen LogP contribution in [0.1, 0.15) is 16.1 Å². The lowest BCUT2D eigenvalue weighted by Gasteiger charge is -1.94. The van der Waals surface area contributed by atoms with E-state index >= 15 is 0 Å². The van der Waals surface area contributed by atoms with E-state index in [0.29, 0.717) is 11.3 Å². The van der Waals surface area contributed by atoms with Crippen LogP contribution in [0.4, 0.5) is 0 Å². The first-order chi connectivity index (χ1) is 6.79. The quantitative estimate of drug-likeness (QED) is 0.635. The lowest BCUT2D eigenvalue weighted by molar-refractivity contribution is 0.112. The molecule has 0 N–H and O–H groups in total. The van der Waals surface area contributed by atoms with E-state index in [-0.39, 0.29) is 0 Å². The van der Waals surface area contributed by atoms with E-state index in [9.17, 15) is 4.79 Å². The van der Waals surface area contributed by atoms with Crippen molar-refractivity contribution in [3.63, 3.8) is 0 Å². The zero-order chi connectivity index (χ0) is 10.1. The minimum Gasteiger partial charge on any atom is -0.335 e. The molecule has 2 rings (SSSR count). The predicted molar refractivity (Wildman–Crippen MR) is 53.0 cm³/mol. The molecular formula is C11H8N2O. The highest BCUT2D eigenvalue weighted by Crippen LogP contribution is 2.22. The highest BCUT2D eigenvalue weighted by Gasteiger charge is 2.12. The summed E-state index contributed by atoms with van der Waals surface area (Å²) in [4.78, 5) is 10.8. The van der Waals surface area contributed by atoms with E-state index < -0.39 is 0 Å². The maximum atomic E-state index is 10.8. The van der Waals surface area contributed by atoms with Crippen LogP contribution in [-0.2, 0) is 7.05 Å². The van der Waals surface area contributed by atoms with Crippen molar-refractivity contribution in [2.45, 2.75) is 0 Å². The second-order valence-electron chi connectivity index (χ2n) is 3.07. The first-order valence-electron chi connectivity index (χ1n) is 4.22. The third-order valence-electron chi connectivity index (χ3n) is 2.37. The smallest absolute Gasteiger partial charge is 0.153 e. The number of carbonyl (C=O) groups excluding carboxylic acids is 1. The Morgan fingerprint density at radius 1 is 1.43 bits per heavy atom.